The van der Waals surface area contributed by atoms with Gasteiger partial charge in [0.05, 0.1) is 24.9 Å². The van der Waals surface area contributed by atoms with Gasteiger partial charge in [0.15, 0.2) is 6.23 Å². The van der Waals surface area contributed by atoms with E-state index in [-0.39, 0.29) is 10.6 Å². The van der Waals surface area contributed by atoms with Crippen LogP contribution in [0.25, 0.3) is 5.03 Å². The number of esters is 1. The molecule has 1 unspecified atom stereocenters. The molecule has 0 aliphatic carbocycles. The summed E-state index contributed by atoms with van der Waals surface area (Å²) in [4.78, 5) is 13.7. The van der Waals surface area contributed by atoms with Crippen molar-refractivity contribution in [1.29, 1.82) is 0 Å². The van der Waals surface area contributed by atoms with Crippen molar-refractivity contribution in [2.45, 2.75) is 12.8 Å². The highest BCUT2D eigenvalue weighted by Gasteiger charge is 2.37. The van der Waals surface area contributed by atoms with Gasteiger partial charge in [-0.05, 0) is 17.7 Å². The Kier molecular flexibility index (Phi) is 4.69. The molecule has 2 aromatic rings. The number of rotatable bonds is 4. The van der Waals surface area contributed by atoms with Gasteiger partial charge in [0.1, 0.15) is 17.0 Å². The number of ether oxygens (including phenoxy) is 2. The number of hydrogen-bond acceptors (Lipinski definition) is 6. The van der Waals surface area contributed by atoms with E-state index in [9.17, 15) is 9.90 Å². The molecule has 1 atom stereocenters. The van der Waals surface area contributed by atoms with Crippen molar-refractivity contribution in [3.63, 3.8) is 0 Å². The topological polar surface area (TPSA) is 76.8 Å². The van der Waals surface area contributed by atoms with Gasteiger partial charge in [-0.3, -0.25) is 4.68 Å². The third-order valence-electron chi connectivity index (χ3n) is 4.03. The molecule has 2 heterocycles. The summed E-state index contributed by atoms with van der Waals surface area (Å²) in [6, 6.07) is 7.44. The lowest BCUT2D eigenvalue weighted by atomic mass is 10.0. The number of benzene rings is 1. The van der Waals surface area contributed by atoms with Crippen LogP contribution in [0.2, 0.25) is 0 Å². The van der Waals surface area contributed by atoms with Crippen molar-refractivity contribution in [1.82, 2.24) is 9.78 Å². The monoisotopic (exact) mass is 363 g/mol. The summed E-state index contributed by atoms with van der Waals surface area (Å²) >= 11 is 6.30. The normalized spacial score (nSPS) is 16.7. The predicted molar refractivity (Wildman–Crippen MR) is 93.2 cm³/mol. The zero-order chi connectivity index (χ0) is 18.1. The van der Waals surface area contributed by atoms with E-state index in [1.54, 1.807) is 29.9 Å². The molecule has 0 fully saturated rings. The maximum atomic E-state index is 12.1. The number of aliphatic hydroxyl groups excluding tert-OH is 1. The van der Waals surface area contributed by atoms with Crippen LogP contribution in [0.4, 0.5) is 5.69 Å². The number of carbonyl (C=O) groups excluding carboxylic acids is 1. The van der Waals surface area contributed by atoms with Crippen molar-refractivity contribution in [2.24, 2.45) is 7.05 Å². The second kappa shape index (κ2) is 6.78. The minimum atomic E-state index is -1.24. The second-order valence-corrected chi connectivity index (χ2v) is 5.98. The summed E-state index contributed by atoms with van der Waals surface area (Å²) in [6.45, 7) is 0.356. The zero-order valence-corrected chi connectivity index (χ0v) is 14.8. The molecule has 3 rings (SSSR count). The van der Waals surface area contributed by atoms with Crippen molar-refractivity contribution in [2.75, 3.05) is 19.1 Å². The van der Waals surface area contributed by atoms with Crippen LogP contribution >= 0.6 is 11.6 Å². The minimum Gasteiger partial charge on any atom is -0.497 e. The number of carbonyl (C=O) groups is 1. The molecule has 25 heavy (non-hydrogen) atoms. The largest absolute Gasteiger partial charge is 0.497 e. The van der Waals surface area contributed by atoms with Crippen LogP contribution in [0.15, 0.2) is 36.0 Å². The fourth-order valence-corrected chi connectivity index (χ4v) is 3.08. The Labute approximate surface area is 150 Å². The Morgan fingerprint density at radius 3 is 2.60 bits per heavy atom. The third-order valence-corrected chi connectivity index (χ3v) is 4.42. The SMILES string of the molecule is COC(=O)C1=C(Cl)c2nn(C)cc2N(Cc2ccc(OC)cc2)C1O. The van der Waals surface area contributed by atoms with E-state index in [1.807, 2.05) is 24.3 Å². The second-order valence-electron chi connectivity index (χ2n) is 5.61. The first-order valence-corrected chi connectivity index (χ1v) is 7.93. The predicted octanol–water partition coefficient (Wildman–Crippen LogP) is 1.89. The molecule has 132 valence electrons. The summed E-state index contributed by atoms with van der Waals surface area (Å²) in [7, 11) is 4.59. The number of methoxy groups -OCH3 is 2. The van der Waals surface area contributed by atoms with Gasteiger partial charge in [-0.15, -0.1) is 0 Å². The van der Waals surface area contributed by atoms with Gasteiger partial charge in [0.25, 0.3) is 0 Å². The van der Waals surface area contributed by atoms with Crippen LogP contribution in [0, 0.1) is 0 Å². The van der Waals surface area contributed by atoms with E-state index in [1.165, 1.54) is 7.11 Å². The Balaban J connectivity index is 2.02. The van der Waals surface area contributed by atoms with Gasteiger partial charge in [0, 0.05) is 19.8 Å². The number of aromatic nitrogens is 2. The molecule has 0 radical (unpaired) electrons. The first kappa shape index (κ1) is 17.3. The van der Waals surface area contributed by atoms with Gasteiger partial charge in [0.2, 0.25) is 0 Å². The first-order chi connectivity index (χ1) is 12.0. The van der Waals surface area contributed by atoms with Gasteiger partial charge in [-0.1, -0.05) is 23.7 Å². The molecule has 1 aliphatic heterocycles. The molecule has 1 aliphatic rings. The summed E-state index contributed by atoms with van der Waals surface area (Å²) in [5, 5.41) is 15.1. The maximum Gasteiger partial charge on any atom is 0.339 e. The molecule has 8 heteroatoms. The first-order valence-electron chi connectivity index (χ1n) is 7.56. The Morgan fingerprint density at radius 2 is 2.00 bits per heavy atom. The molecule has 1 aromatic carbocycles. The number of hydrogen-bond donors (Lipinski definition) is 1. The van der Waals surface area contributed by atoms with Crippen LogP contribution in [-0.4, -0.2) is 41.3 Å². The average Bonchev–Trinajstić information content (AvgIpc) is 3.01. The Hall–Kier alpha value is -2.51. The quantitative estimate of drug-likeness (QED) is 0.836. The smallest absolute Gasteiger partial charge is 0.339 e. The van der Waals surface area contributed by atoms with E-state index in [2.05, 4.69) is 5.10 Å². The number of fused-ring (bicyclic) bond motifs is 1. The van der Waals surface area contributed by atoms with E-state index >= 15 is 0 Å². The fraction of sp³-hybridized carbons (Fsp3) is 0.294. The molecule has 0 amide bonds. The van der Waals surface area contributed by atoms with Crippen LogP contribution in [-0.2, 0) is 23.1 Å². The number of aliphatic hydroxyl groups is 1. The number of aryl methyl sites for hydroxylation is 1. The molecule has 1 N–H and O–H groups in total. The third kappa shape index (κ3) is 3.08. The van der Waals surface area contributed by atoms with Crippen LogP contribution < -0.4 is 9.64 Å². The molecule has 1 aromatic heterocycles. The molecule has 0 saturated heterocycles. The average molecular weight is 364 g/mol. The summed E-state index contributed by atoms with van der Waals surface area (Å²) in [5.41, 5.74) is 1.98. The van der Waals surface area contributed by atoms with E-state index in [0.29, 0.717) is 17.9 Å². The lowest BCUT2D eigenvalue weighted by molar-refractivity contribution is -0.137. The van der Waals surface area contributed by atoms with E-state index < -0.39 is 12.2 Å². The van der Waals surface area contributed by atoms with Gasteiger partial charge in [-0.2, -0.15) is 5.10 Å². The standard InChI is InChI=1S/C17H18ClN3O4/c1-20-9-12-15(19-20)14(18)13(17(23)25-3)16(22)21(12)8-10-4-6-11(24-2)7-5-10/h4-7,9,16,22H,8H2,1-3H3. The Morgan fingerprint density at radius 1 is 1.32 bits per heavy atom. The van der Waals surface area contributed by atoms with Crippen molar-refractivity contribution < 1.29 is 19.4 Å². The number of nitrogens with zero attached hydrogens (tertiary/aromatic N) is 3. The minimum absolute atomic E-state index is 0.0242. The lowest BCUT2D eigenvalue weighted by Crippen LogP contribution is -2.41. The number of halogens is 1. The van der Waals surface area contributed by atoms with Crippen LogP contribution in [0.1, 0.15) is 11.3 Å². The van der Waals surface area contributed by atoms with Crippen molar-refractivity contribution in [3.05, 3.63) is 47.3 Å². The van der Waals surface area contributed by atoms with Crippen LogP contribution in [0.5, 0.6) is 5.75 Å². The number of anilines is 1. The highest BCUT2D eigenvalue weighted by molar-refractivity contribution is 6.51. The molecule has 0 saturated carbocycles. The molecule has 0 bridgehead atoms. The van der Waals surface area contributed by atoms with Crippen molar-refractivity contribution >= 4 is 28.3 Å². The zero-order valence-electron chi connectivity index (χ0n) is 14.1. The highest BCUT2D eigenvalue weighted by atomic mass is 35.5. The van der Waals surface area contributed by atoms with Crippen molar-refractivity contribution in [3.8, 4) is 5.75 Å². The van der Waals surface area contributed by atoms with Gasteiger partial charge < -0.3 is 19.5 Å². The maximum absolute atomic E-state index is 12.1. The fourth-order valence-electron chi connectivity index (χ4n) is 2.78. The molecule has 0 spiro atoms. The molecular weight excluding hydrogens is 346 g/mol. The van der Waals surface area contributed by atoms with Gasteiger partial charge in [-0.25, -0.2) is 4.79 Å². The van der Waals surface area contributed by atoms with Crippen LogP contribution in [0.3, 0.4) is 0 Å². The lowest BCUT2D eigenvalue weighted by Gasteiger charge is -2.34. The summed E-state index contributed by atoms with van der Waals surface area (Å²) in [5.74, 6) is 0.0525. The van der Waals surface area contributed by atoms with E-state index in [4.69, 9.17) is 21.1 Å². The summed E-state index contributed by atoms with van der Waals surface area (Å²) in [6.07, 6.45) is 0.511. The highest BCUT2D eigenvalue weighted by Crippen LogP contribution is 2.39. The van der Waals surface area contributed by atoms with E-state index in [0.717, 1.165) is 11.3 Å². The summed E-state index contributed by atoms with van der Waals surface area (Å²) < 4.78 is 11.5. The van der Waals surface area contributed by atoms with Gasteiger partial charge >= 0.3 is 5.97 Å². The molecule has 7 nitrogen and oxygen atoms in total. The molecular formula is C17H18ClN3O4. The Bertz CT molecular complexity index is 829.